The average molecular weight is 294 g/mol. The number of nitrogens with zero attached hydrogens (tertiary/aromatic N) is 1. The van der Waals surface area contributed by atoms with E-state index in [1.165, 1.54) is 6.07 Å². The van der Waals surface area contributed by atoms with Crippen LogP contribution in [-0.4, -0.2) is 22.4 Å². The van der Waals surface area contributed by atoms with Crippen molar-refractivity contribution in [1.82, 2.24) is 0 Å². The Labute approximate surface area is 96.9 Å². The second kappa shape index (κ2) is 4.88. The van der Waals surface area contributed by atoms with Crippen LogP contribution >= 0.6 is 15.9 Å². The lowest BCUT2D eigenvalue weighted by Gasteiger charge is -2.07. The topological polar surface area (TPSA) is 89.7 Å². The number of carboxylic acid groups (broad SMARTS) is 1. The molecule has 8 heteroatoms. The molecule has 1 aromatic rings. The number of alkyl halides is 1. The number of hydrogen-bond donors (Lipinski definition) is 1. The first-order valence-corrected chi connectivity index (χ1v) is 4.68. The van der Waals surface area contributed by atoms with Gasteiger partial charge >= 0.3 is 18.0 Å². The molecule has 1 aromatic carbocycles. The predicted molar refractivity (Wildman–Crippen MR) is 54.0 cm³/mol. The SMILES string of the molecule is O=C(O)C(F)Oc1ccc(Br)cc1[N+](=O)[O-]. The Hall–Kier alpha value is -1.70. The molecule has 1 unspecified atom stereocenters. The number of aliphatic carboxylic acids is 1. The van der Waals surface area contributed by atoms with Gasteiger partial charge in [0.15, 0.2) is 0 Å². The molecule has 0 aliphatic heterocycles. The minimum absolute atomic E-state index is 0.400. The molecule has 86 valence electrons. The Morgan fingerprint density at radius 1 is 1.62 bits per heavy atom. The number of carbonyl (C=O) groups is 1. The molecule has 1 atom stereocenters. The summed E-state index contributed by atoms with van der Waals surface area (Å²) in [5.41, 5.74) is -0.515. The maximum Gasteiger partial charge on any atom is 0.378 e. The quantitative estimate of drug-likeness (QED) is 0.678. The van der Waals surface area contributed by atoms with E-state index >= 15 is 0 Å². The molecular formula is C8H5BrFNO5. The fourth-order valence-electron chi connectivity index (χ4n) is 0.895. The van der Waals surface area contributed by atoms with Crippen molar-refractivity contribution in [2.45, 2.75) is 6.36 Å². The largest absolute Gasteiger partial charge is 0.476 e. The highest BCUT2D eigenvalue weighted by atomic mass is 79.9. The summed E-state index contributed by atoms with van der Waals surface area (Å²) in [4.78, 5) is 19.9. The van der Waals surface area contributed by atoms with Gasteiger partial charge in [0.2, 0.25) is 5.75 Å². The van der Waals surface area contributed by atoms with Gasteiger partial charge in [0, 0.05) is 10.5 Å². The molecule has 0 bridgehead atoms. The Kier molecular flexibility index (Phi) is 3.78. The van der Waals surface area contributed by atoms with Gasteiger partial charge in [0.1, 0.15) is 0 Å². The van der Waals surface area contributed by atoms with Gasteiger partial charge < -0.3 is 9.84 Å². The lowest BCUT2D eigenvalue weighted by Crippen LogP contribution is -2.21. The van der Waals surface area contributed by atoms with Crippen LogP contribution in [0.15, 0.2) is 22.7 Å². The van der Waals surface area contributed by atoms with Gasteiger partial charge in [-0.15, -0.1) is 0 Å². The summed E-state index contributed by atoms with van der Waals surface area (Å²) in [6, 6.07) is 3.57. The van der Waals surface area contributed by atoms with Crippen molar-refractivity contribution in [2.75, 3.05) is 0 Å². The zero-order valence-corrected chi connectivity index (χ0v) is 9.18. The van der Waals surface area contributed by atoms with Crippen LogP contribution in [0.2, 0.25) is 0 Å². The zero-order valence-electron chi connectivity index (χ0n) is 7.59. The first-order valence-electron chi connectivity index (χ1n) is 3.89. The summed E-state index contributed by atoms with van der Waals surface area (Å²) in [6.45, 7) is 0. The van der Waals surface area contributed by atoms with Gasteiger partial charge in [-0.05, 0) is 12.1 Å². The smallest absolute Gasteiger partial charge is 0.378 e. The zero-order chi connectivity index (χ0) is 12.3. The van der Waals surface area contributed by atoms with Gasteiger partial charge in [-0.25, -0.2) is 4.79 Å². The summed E-state index contributed by atoms with van der Waals surface area (Å²) >= 11 is 2.99. The van der Waals surface area contributed by atoms with Crippen LogP contribution in [0.5, 0.6) is 5.75 Å². The third-order valence-corrected chi connectivity index (χ3v) is 2.04. The van der Waals surface area contributed by atoms with Gasteiger partial charge in [-0.2, -0.15) is 4.39 Å². The second-order valence-corrected chi connectivity index (χ2v) is 3.56. The molecule has 0 spiro atoms. The number of nitro groups is 1. The van der Waals surface area contributed by atoms with E-state index in [9.17, 15) is 19.3 Å². The minimum Gasteiger partial charge on any atom is -0.476 e. The average Bonchev–Trinajstić information content (AvgIpc) is 2.20. The second-order valence-electron chi connectivity index (χ2n) is 2.64. The molecule has 0 aliphatic carbocycles. The van der Waals surface area contributed by atoms with Crippen molar-refractivity contribution in [2.24, 2.45) is 0 Å². The fourth-order valence-corrected chi connectivity index (χ4v) is 1.24. The maximum atomic E-state index is 12.7. The summed E-state index contributed by atoms with van der Waals surface area (Å²) in [5.74, 6) is -2.29. The highest BCUT2D eigenvalue weighted by Gasteiger charge is 2.23. The molecule has 0 aliphatic rings. The molecule has 0 saturated carbocycles. The van der Waals surface area contributed by atoms with E-state index in [4.69, 9.17) is 5.11 Å². The van der Waals surface area contributed by atoms with Gasteiger partial charge in [0.25, 0.3) is 0 Å². The highest BCUT2D eigenvalue weighted by molar-refractivity contribution is 9.10. The first kappa shape index (κ1) is 12.4. The summed E-state index contributed by atoms with van der Waals surface area (Å²) in [7, 11) is 0. The normalized spacial score (nSPS) is 11.9. The summed E-state index contributed by atoms with van der Waals surface area (Å²) in [5, 5.41) is 18.8. The van der Waals surface area contributed by atoms with E-state index < -0.39 is 28.7 Å². The molecule has 0 amide bonds. The molecule has 6 nitrogen and oxygen atoms in total. The monoisotopic (exact) mass is 293 g/mol. The molecule has 1 rings (SSSR count). The number of benzene rings is 1. The Morgan fingerprint density at radius 2 is 2.25 bits per heavy atom. The van der Waals surface area contributed by atoms with Crippen molar-refractivity contribution >= 4 is 27.6 Å². The Morgan fingerprint density at radius 3 is 2.75 bits per heavy atom. The molecule has 0 radical (unpaired) electrons. The predicted octanol–water partition coefficient (Wildman–Crippen LogP) is 2.12. The van der Waals surface area contributed by atoms with Crippen molar-refractivity contribution in [3.05, 3.63) is 32.8 Å². The van der Waals surface area contributed by atoms with Crippen LogP contribution in [-0.2, 0) is 4.79 Å². The molecule has 0 heterocycles. The van der Waals surface area contributed by atoms with E-state index in [2.05, 4.69) is 20.7 Å². The van der Waals surface area contributed by atoms with E-state index in [-0.39, 0.29) is 0 Å². The van der Waals surface area contributed by atoms with E-state index in [0.29, 0.717) is 4.47 Å². The number of nitro benzene ring substituents is 1. The molecule has 16 heavy (non-hydrogen) atoms. The van der Waals surface area contributed by atoms with Crippen LogP contribution in [0.4, 0.5) is 10.1 Å². The number of halogens is 2. The lowest BCUT2D eigenvalue weighted by atomic mass is 10.3. The van der Waals surface area contributed by atoms with Crippen LogP contribution in [0, 0.1) is 10.1 Å². The standard InChI is InChI=1S/C8H5BrFNO5/c9-4-1-2-6(5(3-4)11(14)15)16-7(10)8(12)13/h1-3,7H,(H,12,13). The summed E-state index contributed by atoms with van der Waals surface area (Å²) in [6.07, 6.45) is -2.64. The van der Waals surface area contributed by atoms with Crippen LogP contribution in [0.3, 0.4) is 0 Å². The fraction of sp³-hybridized carbons (Fsp3) is 0.125. The van der Waals surface area contributed by atoms with Crippen LogP contribution in [0.25, 0.3) is 0 Å². The van der Waals surface area contributed by atoms with E-state index in [1.807, 2.05) is 0 Å². The van der Waals surface area contributed by atoms with Crippen LogP contribution in [0.1, 0.15) is 0 Å². The van der Waals surface area contributed by atoms with Crippen molar-refractivity contribution in [1.29, 1.82) is 0 Å². The molecule has 0 fully saturated rings. The third-order valence-electron chi connectivity index (χ3n) is 1.54. The van der Waals surface area contributed by atoms with Crippen molar-refractivity contribution in [3.63, 3.8) is 0 Å². The molecular weight excluding hydrogens is 289 g/mol. The number of hydrogen-bond acceptors (Lipinski definition) is 4. The van der Waals surface area contributed by atoms with Gasteiger partial charge in [0.05, 0.1) is 4.92 Å². The molecule has 0 aromatic heterocycles. The third kappa shape index (κ3) is 2.89. The minimum atomic E-state index is -2.64. The van der Waals surface area contributed by atoms with Gasteiger partial charge in [-0.1, -0.05) is 15.9 Å². The highest BCUT2D eigenvalue weighted by Crippen LogP contribution is 2.30. The van der Waals surface area contributed by atoms with Crippen LogP contribution < -0.4 is 4.74 Å². The van der Waals surface area contributed by atoms with Crippen molar-refractivity contribution < 1.29 is 24.0 Å². The molecule has 1 N–H and O–H groups in total. The maximum absolute atomic E-state index is 12.7. The Balaban J connectivity index is 3.04. The Bertz CT molecular complexity index is 438. The van der Waals surface area contributed by atoms with E-state index in [1.54, 1.807) is 0 Å². The number of carboxylic acids is 1. The lowest BCUT2D eigenvalue weighted by molar-refractivity contribution is -0.386. The number of rotatable bonds is 4. The first-order chi connectivity index (χ1) is 7.41. The van der Waals surface area contributed by atoms with E-state index in [0.717, 1.165) is 12.1 Å². The summed E-state index contributed by atoms with van der Waals surface area (Å²) < 4.78 is 17.4. The van der Waals surface area contributed by atoms with Gasteiger partial charge in [-0.3, -0.25) is 10.1 Å². The van der Waals surface area contributed by atoms with Crippen molar-refractivity contribution in [3.8, 4) is 5.75 Å². The molecule has 0 saturated heterocycles. The number of ether oxygens (including phenoxy) is 1.